The number of amides is 1. The van der Waals surface area contributed by atoms with E-state index >= 15 is 0 Å². The third-order valence-electron chi connectivity index (χ3n) is 3.12. The van der Waals surface area contributed by atoms with E-state index in [0.29, 0.717) is 18.9 Å². The van der Waals surface area contributed by atoms with Gasteiger partial charge in [0.05, 0.1) is 0 Å². The largest absolute Gasteiger partial charge is 0.481 e. The van der Waals surface area contributed by atoms with E-state index in [-0.39, 0.29) is 23.7 Å². The van der Waals surface area contributed by atoms with E-state index in [4.69, 9.17) is 5.11 Å². The highest BCUT2D eigenvalue weighted by Gasteiger charge is 2.18. The topological polar surface area (TPSA) is 66.4 Å². The van der Waals surface area contributed by atoms with Crippen LogP contribution in [0.3, 0.4) is 0 Å². The van der Waals surface area contributed by atoms with E-state index in [1.54, 1.807) is 0 Å². The molecule has 4 nitrogen and oxygen atoms in total. The second kappa shape index (κ2) is 8.18. The molecule has 0 aliphatic rings. The van der Waals surface area contributed by atoms with Crippen LogP contribution in [0.1, 0.15) is 60.3 Å². The summed E-state index contributed by atoms with van der Waals surface area (Å²) in [6.45, 7) is 11.0. The lowest BCUT2D eigenvalue weighted by molar-refractivity contribution is -0.138. The van der Waals surface area contributed by atoms with Crippen LogP contribution in [0.5, 0.6) is 0 Å². The maximum absolute atomic E-state index is 11.8. The summed E-state index contributed by atoms with van der Waals surface area (Å²) in [5.41, 5.74) is 0.231. The lowest BCUT2D eigenvalue weighted by atomic mass is 9.84. The van der Waals surface area contributed by atoms with Gasteiger partial charge in [-0.05, 0) is 23.7 Å². The number of carbonyl (C=O) groups is 2. The average molecular weight is 271 g/mol. The lowest BCUT2D eigenvalue weighted by Crippen LogP contribution is -2.31. The van der Waals surface area contributed by atoms with Crippen molar-refractivity contribution in [1.82, 2.24) is 5.32 Å². The van der Waals surface area contributed by atoms with Crippen molar-refractivity contribution in [2.45, 2.75) is 60.3 Å². The molecule has 0 bridgehead atoms. The van der Waals surface area contributed by atoms with E-state index in [0.717, 1.165) is 12.8 Å². The molecule has 0 aliphatic carbocycles. The van der Waals surface area contributed by atoms with Gasteiger partial charge in [0, 0.05) is 19.4 Å². The predicted octanol–water partition coefficient (Wildman–Crippen LogP) is 3.07. The van der Waals surface area contributed by atoms with Crippen molar-refractivity contribution in [3.8, 4) is 0 Å². The molecule has 0 aromatic heterocycles. The van der Waals surface area contributed by atoms with Gasteiger partial charge in [-0.15, -0.1) is 0 Å². The SMILES string of the molecule is CCC(CNC(=O)CC(C)CC(C)(C)C)CC(=O)O. The van der Waals surface area contributed by atoms with Crippen LogP contribution in [0, 0.1) is 17.3 Å². The Kier molecular flexibility index (Phi) is 7.72. The normalized spacial score (nSPS) is 14.8. The van der Waals surface area contributed by atoms with Gasteiger partial charge in [-0.2, -0.15) is 0 Å². The van der Waals surface area contributed by atoms with Crippen molar-refractivity contribution < 1.29 is 14.7 Å². The summed E-state index contributed by atoms with van der Waals surface area (Å²) in [4.78, 5) is 22.4. The highest BCUT2D eigenvalue weighted by atomic mass is 16.4. The van der Waals surface area contributed by atoms with Crippen LogP contribution in [0.2, 0.25) is 0 Å². The summed E-state index contributed by atoms with van der Waals surface area (Å²) in [7, 11) is 0. The third-order valence-corrected chi connectivity index (χ3v) is 3.12. The van der Waals surface area contributed by atoms with Gasteiger partial charge >= 0.3 is 5.97 Å². The zero-order chi connectivity index (χ0) is 15.1. The second-order valence-electron chi connectivity index (χ2n) is 6.75. The quantitative estimate of drug-likeness (QED) is 0.713. The number of hydrogen-bond donors (Lipinski definition) is 2. The molecule has 0 aromatic carbocycles. The number of carboxylic acids is 1. The first-order valence-electron chi connectivity index (χ1n) is 7.12. The molecule has 4 heteroatoms. The van der Waals surface area contributed by atoms with Gasteiger partial charge in [0.15, 0.2) is 0 Å². The minimum Gasteiger partial charge on any atom is -0.481 e. The van der Waals surface area contributed by atoms with E-state index in [2.05, 4.69) is 33.0 Å². The molecule has 0 saturated carbocycles. The Balaban J connectivity index is 4.00. The minimum absolute atomic E-state index is 0.0272. The number of aliphatic carboxylic acids is 1. The van der Waals surface area contributed by atoms with Gasteiger partial charge in [-0.3, -0.25) is 9.59 Å². The zero-order valence-corrected chi connectivity index (χ0v) is 13.0. The Morgan fingerprint density at radius 2 is 1.79 bits per heavy atom. The molecule has 0 heterocycles. The summed E-state index contributed by atoms with van der Waals surface area (Å²) in [6.07, 6.45) is 2.41. The molecule has 2 N–H and O–H groups in total. The summed E-state index contributed by atoms with van der Waals surface area (Å²) in [6, 6.07) is 0. The summed E-state index contributed by atoms with van der Waals surface area (Å²) >= 11 is 0. The molecule has 0 fully saturated rings. The van der Waals surface area contributed by atoms with Crippen molar-refractivity contribution in [1.29, 1.82) is 0 Å². The molecular formula is C15H29NO3. The Morgan fingerprint density at radius 1 is 1.21 bits per heavy atom. The Hall–Kier alpha value is -1.06. The zero-order valence-electron chi connectivity index (χ0n) is 13.0. The second-order valence-corrected chi connectivity index (χ2v) is 6.75. The molecule has 1 amide bonds. The van der Waals surface area contributed by atoms with Gasteiger partial charge in [-0.1, -0.05) is 41.0 Å². The molecule has 0 rings (SSSR count). The maximum atomic E-state index is 11.8. The fraction of sp³-hybridized carbons (Fsp3) is 0.867. The van der Waals surface area contributed by atoms with Crippen LogP contribution in [0.15, 0.2) is 0 Å². The monoisotopic (exact) mass is 271 g/mol. The highest BCUT2D eigenvalue weighted by molar-refractivity contribution is 5.76. The van der Waals surface area contributed by atoms with Crippen LogP contribution in [0.25, 0.3) is 0 Å². The Bertz CT molecular complexity index is 294. The number of carboxylic acid groups (broad SMARTS) is 1. The molecule has 0 aliphatic heterocycles. The molecule has 0 spiro atoms. The summed E-state index contributed by atoms with van der Waals surface area (Å²) in [5.74, 6) is -0.401. The molecular weight excluding hydrogens is 242 g/mol. The number of carbonyl (C=O) groups excluding carboxylic acids is 1. The van der Waals surface area contributed by atoms with Gasteiger partial charge in [0.1, 0.15) is 0 Å². The molecule has 2 atom stereocenters. The van der Waals surface area contributed by atoms with Crippen LogP contribution in [-0.2, 0) is 9.59 Å². The van der Waals surface area contributed by atoms with Crippen molar-refractivity contribution >= 4 is 11.9 Å². The van der Waals surface area contributed by atoms with E-state index in [1.165, 1.54) is 0 Å². The minimum atomic E-state index is -0.804. The van der Waals surface area contributed by atoms with Gasteiger partial charge in [0.25, 0.3) is 0 Å². The van der Waals surface area contributed by atoms with Gasteiger partial charge in [0.2, 0.25) is 5.91 Å². The lowest BCUT2D eigenvalue weighted by Gasteiger charge is -2.23. The van der Waals surface area contributed by atoms with Crippen LogP contribution < -0.4 is 5.32 Å². The molecule has 2 unspecified atom stereocenters. The summed E-state index contributed by atoms with van der Waals surface area (Å²) < 4.78 is 0. The van der Waals surface area contributed by atoms with Crippen LogP contribution >= 0.6 is 0 Å². The molecule has 19 heavy (non-hydrogen) atoms. The fourth-order valence-electron chi connectivity index (χ4n) is 2.37. The van der Waals surface area contributed by atoms with Crippen molar-refractivity contribution in [2.24, 2.45) is 17.3 Å². The Labute approximate surface area is 117 Å². The van der Waals surface area contributed by atoms with E-state index in [9.17, 15) is 9.59 Å². The number of nitrogens with one attached hydrogen (secondary N) is 1. The van der Waals surface area contributed by atoms with E-state index < -0.39 is 5.97 Å². The number of rotatable bonds is 8. The Morgan fingerprint density at radius 3 is 2.21 bits per heavy atom. The standard InChI is InChI=1S/C15H29NO3/c1-6-12(8-14(18)19)10-16-13(17)7-11(2)9-15(3,4)5/h11-12H,6-10H2,1-5H3,(H,16,17)(H,18,19). The molecule has 0 aromatic rings. The smallest absolute Gasteiger partial charge is 0.303 e. The molecule has 112 valence electrons. The van der Waals surface area contributed by atoms with Gasteiger partial charge < -0.3 is 10.4 Å². The summed E-state index contributed by atoms with van der Waals surface area (Å²) in [5, 5.41) is 11.6. The average Bonchev–Trinajstić information content (AvgIpc) is 2.20. The highest BCUT2D eigenvalue weighted by Crippen LogP contribution is 2.25. The van der Waals surface area contributed by atoms with Crippen molar-refractivity contribution in [3.05, 3.63) is 0 Å². The van der Waals surface area contributed by atoms with Crippen molar-refractivity contribution in [2.75, 3.05) is 6.54 Å². The maximum Gasteiger partial charge on any atom is 0.303 e. The predicted molar refractivity (Wildman–Crippen MR) is 76.9 cm³/mol. The fourth-order valence-corrected chi connectivity index (χ4v) is 2.37. The van der Waals surface area contributed by atoms with Gasteiger partial charge in [-0.25, -0.2) is 0 Å². The first-order valence-corrected chi connectivity index (χ1v) is 7.12. The van der Waals surface area contributed by atoms with Crippen molar-refractivity contribution in [3.63, 3.8) is 0 Å². The first kappa shape index (κ1) is 17.9. The van der Waals surface area contributed by atoms with E-state index in [1.807, 2.05) is 6.92 Å². The van der Waals surface area contributed by atoms with Crippen LogP contribution in [-0.4, -0.2) is 23.5 Å². The molecule has 0 saturated heterocycles. The number of hydrogen-bond acceptors (Lipinski definition) is 2. The molecule has 0 radical (unpaired) electrons. The first-order chi connectivity index (χ1) is 8.64. The third kappa shape index (κ3) is 10.5. The van der Waals surface area contributed by atoms with Crippen LogP contribution in [0.4, 0.5) is 0 Å².